The van der Waals surface area contributed by atoms with Crippen LogP contribution in [0.15, 0.2) is 47.1 Å². The predicted octanol–water partition coefficient (Wildman–Crippen LogP) is 5.42. The van der Waals surface area contributed by atoms with Crippen LogP contribution < -0.4 is 0 Å². The van der Waals surface area contributed by atoms with Crippen molar-refractivity contribution in [2.45, 2.75) is 71.5 Å². The van der Waals surface area contributed by atoms with E-state index in [2.05, 4.69) is 19.9 Å². The number of allylic oxidation sites excluding steroid dienone is 4. The van der Waals surface area contributed by atoms with Crippen molar-refractivity contribution in [2.75, 3.05) is 0 Å². The molecule has 1 fully saturated rings. The summed E-state index contributed by atoms with van der Waals surface area (Å²) in [5, 5.41) is 20.1. The molecule has 0 spiro atoms. The minimum absolute atomic E-state index is 0.0263. The van der Waals surface area contributed by atoms with Crippen LogP contribution in [0.2, 0.25) is 0 Å². The second kappa shape index (κ2) is 7.88. The van der Waals surface area contributed by atoms with Gasteiger partial charge in [-0.25, -0.2) is 0 Å². The Bertz CT molecular complexity index is 989. The van der Waals surface area contributed by atoms with Crippen LogP contribution in [0, 0.1) is 0 Å². The fourth-order valence-electron chi connectivity index (χ4n) is 4.14. The van der Waals surface area contributed by atoms with Gasteiger partial charge in [0.1, 0.15) is 11.5 Å². The van der Waals surface area contributed by atoms with E-state index in [0.29, 0.717) is 0 Å². The maximum atomic E-state index is 13.4. The number of carbonyl (C=O) groups is 2. The molecule has 160 valence electrons. The average Bonchev–Trinajstić information content (AvgIpc) is 3.33. The zero-order chi connectivity index (χ0) is 22.3. The summed E-state index contributed by atoms with van der Waals surface area (Å²) in [7, 11) is 0. The highest BCUT2D eigenvalue weighted by Crippen LogP contribution is 2.61. The Balaban J connectivity index is 1.99. The largest absolute Gasteiger partial charge is 0.508 e. The minimum atomic E-state index is -1.31. The highest BCUT2D eigenvalue weighted by Gasteiger charge is 2.79. The summed E-state index contributed by atoms with van der Waals surface area (Å²) in [6, 6.07) is 2.33. The van der Waals surface area contributed by atoms with Gasteiger partial charge >= 0.3 is 0 Å². The van der Waals surface area contributed by atoms with Crippen molar-refractivity contribution in [3.8, 4) is 11.5 Å². The molecule has 2 atom stereocenters. The SMILES string of the molecule is CC(C)=CCC/C(C)=C/CC12OC1(CC=C(C)C)C(=O)c1c(O)cc(O)cc1C2=O. The molecule has 30 heavy (non-hydrogen) atoms. The Hall–Kier alpha value is -2.66. The number of aromatic hydroxyl groups is 2. The molecule has 0 amide bonds. The van der Waals surface area contributed by atoms with Crippen LogP contribution >= 0.6 is 0 Å². The maximum Gasteiger partial charge on any atom is 0.202 e. The van der Waals surface area contributed by atoms with E-state index in [4.69, 9.17) is 4.74 Å². The molecule has 0 radical (unpaired) electrons. The summed E-state index contributed by atoms with van der Waals surface area (Å²) in [4.78, 5) is 26.8. The molecule has 3 rings (SSSR count). The van der Waals surface area contributed by atoms with Gasteiger partial charge < -0.3 is 14.9 Å². The van der Waals surface area contributed by atoms with Crippen molar-refractivity contribution in [3.63, 3.8) is 0 Å². The van der Waals surface area contributed by atoms with E-state index in [0.717, 1.165) is 30.1 Å². The summed E-state index contributed by atoms with van der Waals surface area (Å²) >= 11 is 0. The molecule has 5 nitrogen and oxygen atoms in total. The fourth-order valence-corrected chi connectivity index (χ4v) is 4.14. The second-order valence-corrected chi connectivity index (χ2v) is 8.86. The number of benzene rings is 1. The van der Waals surface area contributed by atoms with Crippen LogP contribution in [0.3, 0.4) is 0 Å². The number of ketones is 2. The van der Waals surface area contributed by atoms with Gasteiger partial charge in [-0.1, -0.05) is 34.9 Å². The van der Waals surface area contributed by atoms with Gasteiger partial charge in [0, 0.05) is 24.5 Å². The summed E-state index contributed by atoms with van der Waals surface area (Å²) in [6.45, 7) is 9.97. The number of phenols is 2. The van der Waals surface area contributed by atoms with Crippen LogP contribution in [0.4, 0.5) is 0 Å². The van der Waals surface area contributed by atoms with E-state index in [-0.39, 0.29) is 35.5 Å². The van der Waals surface area contributed by atoms with Crippen molar-refractivity contribution < 1.29 is 24.5 Å². The van der Waals surface area contributed by atoms with E-state index in [9.17, 15) is 19.8 Å². The Morgan fingerprint density at radius 1 is 0.900 bits per heavy atom. The lowest BCUT2D eigenvalue weighted by molar-refractivity contribution is 0.0837. The lowest BCUT2D eigenvalue weighted by Crippen LogP contribution is -2.44. The van der Waals surface area contributed by atoms with Gasteiger partial charge in [0.2, 0.25) is 5.78 Å². The molecule has 5 heteroatoms. The lowest BCUT2D eigenvalue weighted by Gasteiger charge is -2.25. The Labute approximate surface area is 177 Å². The van der Waals surface area contributed by atoms with E-state index >= 15 is 0 Å². The molecule has 2 unspecified atom stereocenters. The highest BCUT2D eigenvalue weighted by molar-refractivity contribution is 6.26. The van der Waals surface area contributed by atoms with Gasteiger partial charge in [-0.2, -0.15) is 0 Å². The molecule has 1 aromatic rings. The van der Waals surface area contributed by atoms with Crippen LogP contribution in [-0.4, -0.2) is 33.0 Å². The molecule has 0 bridgehead atoms. The van der Waals surface area contributed by atoms with Crippen molar-refractivity contribution in [1.29, 1.82) is 0 Å². The second-order valence-electron chi connectivity index (χ2n) is 8.86. The first-order valence-corrected chi connectivity index (χ1v) is 10.3. The number of rotatable bonds is 7. The average molecular weight is 411 g/mol. The smallest absolute Gasteiger partial charge is 0.202 e. The van der Waals surface area contributed by atoms with E-state index in [1.807, 2.05) is 32.9 Å². The molecular formula is C25H30O5. The van der Waals surface area contributed by atoms with E-state index < -0.39 is 22.7 Å². The van der Waals surface area contributed by atoms with Crippen LogP contribution in [0.25, 0.3) is 0 Å². The predicted molar refractivity (Wildman–Crippen MR) is 116 cm³/mol. The summed E-state index contributed by atoms with van der Waals surface area (Å²) < 4.78 is 6.01. The molecular weight excluding hydrogens is 380 g/mol. The van der Waals surface area contributed by atoms with Crippen LogP contribution in [-0.2, 0) is 4.74 Å². The molecule has 1 saturated heterocycles. The number of phenolic OH excluding ortho intramolecular Hbond substituents is 2. The van der Waals surface area contributed by atoms with Crippen LogP contribution in [0.1, 0.15) is 81.0 Å². The number of fused-ring (bicyclic) bond motifs is 2. The lowest BCUT2D eigenvalue weighted by atomic mass is 9.70. The number of hydrogen-bond acceptors (Lipinski definition) is 5. The number of ether oxygens (including phenoxy) is 1. The fraction of sp³-hybridized carbons (Fsp3) is 0.440. The number of epoxide rings is 1. The zero-order valence-electron chi connectivity index (χ0n) is 18.3. The summed E-state index contributed by atoms with van der Waals surface area (Å²) in [5.41, 5.74) is 0.773. The van der Waals surface area contributed by atoms with Crippen molar-refractivity contribution in [3.05, 3.63) is 58.2 Å². The summed E-state index contributed by atoms with van der Waals surface area (Å²) in [5.74, 6) is -1.41. The van der Waals surface area contributed by atoms with Gasteiger partial charge in [-0.05, 0) is 53.5 Å². The van der Waals surface area contributed by atoms with Crippen molar-refractivity contribution >= 4 is 11.6 Å². The molecule has 1 aromatic carbocycles. The maximum absolute atomic E-state index is 13.4. The minimum Gasteiger partial charge on any atom is -0.508 e. The summed E-state index contributed by atoms with van der Waals surface area (Å²) in [6.07, 6.45) is 8.36. The molecule has 1 aliphatic heterocycles. The monoisotopic (exact) mass is 410 g/mol. The number of Topliss-reactive ketones (excluding diaryl/α,β-unsaturated/α-hetero) is 2. The first-order valence-electron chi connectivity index (χ1n) is 10.3. The number of carbonyl (C=O) groups excluding carboxylic acids is 2. The number of hydrogen-bond donors (Lipinski definition) is 2. The third-order valence-electron chi connectivity index (χ3n) is 5.89. The van der Waals surface area contributed by atoms with E-state index in [1.165, 1.54) is 11.6 Å². The third kappa shape index (κ3) is 3.63. The molecule has 2 aliphatic rings. The third-order valence-corrected chi connectivity index (χ3v) is 5.89. The highest BCUT2D eigenvalue weighted by atomic mass is 16.6. The Kier molecular flexibility index (Phi) is 5.79. The first kappa shape index (κ1) is 22.0. The van der Waals surface area contributed by atoms with Crippen molar-refractivity contribution in [1.82, 2.24) is 0 Å². The Morgan fingerprint density at radius 2 is 1.50 bits per heavy atom. The van der Waals surface area contributed by atoms with Gasteiger partial charge in [0.05, 0.1) is 5.56 Å². The van der Waals surface area contributed by atoms with E-state index in [1.54, 1.807) is 0 Å². The van der Waals surface area contributed by atoms with Crippen molar-refractivity contribution in [2.24, 2.45) is 0 Å². The molecule has 1 heterocycles. The molecule has 1 aliphatic carbocycles. The zero-order valence-corrected chi connectivity index (χ0v) is 18.3. The molecule has 2 N–H and O–H groups in total. The quantitative estimate of drug-likeness (QED) is 0.463. The van der Waals surface area contributed by atoms with Crippen LogP contribution in [0.5, 0.6) is 11.5 Å². The Morgan fingerprint density at radius 3 is 2.13 bits per heavy atom. The standard InChI is InChI=1S/C25H30O5/c1-15(2)7-6-8-17(5)10-12-24-22(28)19-13-18(26)14-20(27)21(19)23(29)25(24,30-24)11-9-16(3)4/h7,9-10,13-14,26-27H,6,8,11-12H2,1-5H3/b17-10+. The van der Waals surface area contributed by atoms with Gasteiger partial charge in [-0.3, -0.25) is 9.59 Å². The molecule has 0 saturated carbocycles. The molecule has 0 aromatic heterocycles. The van der Waals surface area contributed by atoms with Gasteiger partial charge in [-0.15, -0.1) is 0 Å². The normalized spacial score (nSPS) is 24.8. The van der Waals surface area contributed by atoms with Gasteiger partial charge in [0.15, 0.2) is 17.0 Å². The van der Waals surface area contributed by atoms with Gasteiger partial charge in [0.25, 0.3) is 0 Å². The first-order chi connectivity index (χ1) is 14.0. The topological polar surface area (TPSA) is 87.1 Å².